The van der Waals surface area contributed by atoms with Gasteiger partial charge in [-0.25, -0.2) is 0 Å². The second-order valence-corrected chi connectivity index (χ2v) is 4.59. The molecule has 3 rings (SSSR count). The zero-order chi connectivity index (χ0) is 13.4. The smallest absolute Gasteiger partial charge is 0.249 e. The van der Waals surface area contributed by atoms with Crippen LogP contribution in [0.15, 0.2) is 12.1 Å². The van der Waals surface area contributed by atoms with Crippen LogP contribution in [0.1, 0.15) is 6.92 Å². The minimum absolute atomic E-state index is 0.0572. The molecule has 0 spiro atoms. The van der Waals surface area contributed by atoms with Gasteiger partial charge in [0.15, 0.2) is 11.5 Å². The fourth-order valence-corrected chi connectivity index (χ4v) is 2.40. The fourth-order valence-electron chi connectivity index (χ4n) is 2.40. The molecule has 1 unspecified atom stereocenters. The number of β-amino-alcohol motifs (C(OH)–C–C–N with tert-alkyl or cyclic N) is 1. The monoisotopic (exact) mass is 264 g/mol. The molecule has 2 N–H and O–H groups in total. The van der Waals surface area contributed by atoms with Gasteiger partial charge in [0.25, 0.3) is 0 Å². The highest BCUT2D eigenvalue weighted by Crippen LogP contribution is 2.42. The molecule has 6 heteroatoms. The van der Waals surface area contributed by atoms with Crippen LogP contribution in [0.5, 0.6) is 11.5 Å². The summed E-state index contributed by atoms with van der Waals surface area (Å²) in [5, 5.41) is 12.3. The van der Waals surface area contributed by atoms with Gasteiger partial charge in [-0.15, -0.1) is 0 Å². The minimum atomic E-state index is -0.318. The van der Waals surface area contributed by atoms with Crippen LogP contribution in [0, 0.1) is 0 Å². The van der Waals surface area contributed by atoms with E-state index in [1.54, 1.807) is 17.9 Å². The number of aliphatic hydroxyl groups is 1. The summed E-state index contributed by atoms with van der Waals surface area (Å²) in [6.45, 7) is 3.03. The zero-order valence-electron chi connectivity index (χ0n) is 10.7. The number of amides is 1. The zero-order valence-corrected chi connectivity index (χ0v) is 10.7. The van der Waals surface area contributed by atoms with Gasteiger partial charge in [0.2, 0.25) is 5.91 Å². The summed E-state index contributed by atoms with van der Waals surface area (Å²) in [5.41, 5.74) is 1.55. The Morgan fingerprint density at radius 1 is 1.37 bits per heavy atom. The predicted octanol–water partition coefficient (Wildman–Crippen LogP) is 0.597. The first-order valence-electron chi connectivity index (χ1n) is 6.33. The molecule has 0 fully saturated rings. The summed E-state index contributed by atoms with van der Waals surface area (Å²) in [4.78, 5) is 13.7. The van der Waals surface area contributed by atoms with E-state index in [-0.39, 0.29) is 25.1 Å². The molecule has 1 atom stereocenters. The number of carbonyl (C=O) groups is 1. The van der Waals surface area contributed by atoms with Gasteiger partial charge < -0.3 is 24.8 Å². The minimum Gasteiger partial charge on any atom is -0.486 e. The van der Waals surface area contributed by atoms with Crippen molar-refractivity contribution in [2.45, 2.75) is 13.0 Å². The Kier molecular flexibility index (Phi) is 2.94. The number of ether oxygens (including phenoxy) is 2. The fraction of sp³-hybridized carbons (Fsp3) is 0.462. The van der Waals surface area contributed by atoms with Crippen molar-refractivity contribution in [3.63, 3.8) is 0 Å². The van der Waals surface area contributed by atoms with Crippen LogP contribution >= 0.6 is 0 Å². The predicted molar refractivity (Wildman–Crippen MR) is 70.0 cm³/mol. The Hall–Kier alpha value is -1.95. The van der Waals surface area contributed by atoms with Crippen LogP contribution in [-0.2, 0) is 4.79 Å². The Labute approximate surface area is 110 Å². The van der Waals surface area contributed by atoms with E-state index in [2.05, 4.69) is 5.32 Å². The third-order valence-electron chi connectivity index (χ3n) is 3.28. The second kappa shape index (κ2) is 4.62. The Bertz CT molecular complexity index is 518. The number of hydrogen-bond acceptors (Lipinski definition) is 5. The summed E-state index contributed by atoms with van der Waals surface area (Å²) in [7, 11) is 0. The van der Waals surface area contributed by atoms with E-state index in [0.717, 1.165) is 11.4 Å². The summed E-state index contributed by atoms with van der Waals surface area (Å²) in [5.74, 6) is 1.26. The first-order valence-corrected chi connectivity index (χ1v) is 6.33. The topological polar surface area (TPSA) is 71.0 Å². The van der Waals surface area contributed by atoms with Crippen LogP contribution in [0.4, 0.5) is 11.4 Å². The molecule has 0 saturated carbocycles. The lowest BCUT2D eigenvalue weighted by molar-refractivity contribution is -0.119. The molecule has 6 nitrogen and oxygen atoms in total. The van der Waals surface area contributed by atoms with E-state index < -0.39 is 0 Å². The van der Waals surface area contributed by atoms with Gasteiger partial charge in [-0.1, -0.05) is 0 Å². The van der Waals surface area contributed by atoms with Gasteiger partial charge in [-0.05, 0) is 6.92 Å². The molecule has 102 valence electrons. The maximum absolute atomic E-state index is 12.1. The second-order valence-electron chi connectivity index (χ2n) is 4.59. The molecule has 1 aromatic rings. The van der Waals surface area contributed by atoms with Crippen molar-refractivity contribution in [3.8, 4) is 11.5 Å². The molecule has 1 amide bonds. The van der Waals surface area contributed by atoms with Crippen LogP contribution in [0.25, 0.3) is 0 Å². The van der Waals surface area contributed by atoms with E-state index in [1.165, 1.54) is 0 Å². The number of aliphatic hydroxyl groups excluding tert-OH is 1. The van der Waals surface area contributed by atoms with Gasteiger partial charge in [0.05, 0.1) is 18.0 Å². The van der Waals surface area contributed by atoms with Crippen LogP contribution < -0.4 is 19.7 Å². The normalized spacial score (nSPS) is 20.8. The lowest BCUT2D eigenvalue weighted by atomic mass is 10.1. The number of hydrogen-bond donors (Lipinski definition) is 2. The van der Waals surface area contributed by atoms with Crippen LogP contribution in [-0.4, -0.2) is 43.4 Å². The highest BCUT2D eigenvalue weighted by molar-refractivity contribution is 6.05. The molecule has 2 heterocycles. The molecule has 1 aromatic carbocycles. The van der Waals surface area contributed by atoms with Crippen molar-refractivity contribution < 1.29 is 19.4 Å². The average Bonchev–Trinajstić information content (AvgIpc) is 2.42. The van der Waals surface area contributed by atoms with Crippen molar-refractivity contribution in [3.05, 3.63) is 12.1 Å². The van der Waals surface area contributed by atoms with E-state index in [0.29, 0.717) is 24.7 Å². The first-order chi connectivity index (χ1) is 9.20. The van der Waals surface area contributed by atoms with Gasteiger partial charge in [-0.3, -0.25) is 4.79 Å². The lowest BCUT2D eigenvalue weighted by Gasteiger charge is -2.34. The van der Waals surface area contributed by atoms with Crippen molar-refractivity contribution in [1.29, 1.82) is 0 Å². The van der Waals surface area contributed by atoms with Crippen molar-refractivity contribution in [2.24, 2.45) is 0 Å². The van der Waals surface area contributed by atoms with E-state index >= 15 is 0 Å². The molecule has 0 aromatic heterocycles. The third kappa shape index (κ3) is 1.98. The highest BCUT2D eigenvalue weighted by Gasteiger charge is 2.31. The molecule has 2 aliphatic heterocycles. The van der Waals surface area contributed by atoms with Gasteiger partial charge in [0, 0.05) is 18.7 Å². The number of nitrogens with one attached hydrogen (secondary N) is 1. The standard InChI is InChI=1S/C13H16N2O4/c1-8-13(17)15(2-3-16)10-7-12-11(6-9(10)14-8)18-4-5-19-12/h6-8,14,16H,2-5H2,1H3. The van der Waals surface area contributed by atoms with Gasteiger partial charge >= 0.3 is 0 Å². The van der Waals surface area contributed by atoms with Gasteiger partial charge in [-0.2, -0.15) is 0 Å². The maximum atomic E-state index is 12.1. The third-order valence-corrected chi connectivity index (χ3v) is 3.28. The summed E-state index contributed by atoms with van der Waals surface area (Å²) >= 11 is 0. The number of fused-ring (bicyclic) bond motifs is 2. The number of benzene rings is 1. The number of rotatable bonds is 2. The lowest BCUT2D eigenvalue weighted by Crippen LogP contribution is -2.46. The molecule has 0 saturated heterocycles. The quantitative estimate of drug-likeness (QED) is 0.818. The summed E-state index contributed by atoms with van der Waals surface area (Å²) < 4.78 is 11.1. The van der Waals surface area contributed by atoms with Crippen LogP contribution in [0.2, 0.25) is 0 Å². The highest BCUT2D eigenvalue weighted by atomic mass is 16.6. The number of anilines is 2. The molecular weight excluding hydrogens is 248 g/mol. The summed E-state index contributed by atoms with van der Waals surface area (Å²) in [6.07, 6.45) is 0. The van der Waals surface area contributed by atoms with Crippen LogP contribution in [0.3, 0.4) is 0 Å². The molecule has 19 heavy (non-hydrogen) atoms. The molecule has 0 bridgehead atoms. The van der Waals surface area contributed by atoms with Crippen molar-refractivity contribution >= 4 is 17.3 Å². The van der Waals surface area contributed by atoms with Gasteiger partial charge in [0.1, 0.15) is 19.3 Å². The van der Waals surface area contributed by atoms with E-state index in [4.69, 9.17) is 14.6 Å². The Morgan fingerprint density at radius 2 is 2.05 bits per heavy atom. The summed E-state index contributed by atoms with van der Waals surface area (Å²) in [6, 6.07) is 3.31. The molecule has 2 aliphatic rings. The SMILES string of the molecule is CC1Nc2cc3c(cc2N(CCO)C1=O)OCCO3. The van der Waals surface area contributed by atoms with E-state index in [9.17, 15) is 4.79 Å². The number of nitrogens with zero attached hydrogens (tertiary/aromatic N) is 1. The Morgan fingerprint density at radius 3 is 2.74 bits per heavy atom. The largest absolute Gasteiger partial charge is 0.486 e. The van der Waals surface area contributed by atoms with Crippen molar-refractivity contribution in [2.75, 3.05) is 36.6 Å². The molecular formula is C13H16N2O4. The van der Waals surface area contributed by atoms with E-state index in [1.807, 2.05) is 6.07 Å². The van der Waals surface area contributed by atoms with Crippen molar-refractivity contribution in [1.82, 2.24) is 0 Å². The maximum Gasteiger partial charge on any atom is 0.249 e. The first kappa shape index (κ1) is 12.1. The molecule has 0 radical (unpaired) electrons. The Balaban J connectivity index is 2.06. The number of carbonyl (C=O) groups excluding carboxylic acids is 1. The molecule has 0 aliphatic carbocycles. The average molecular weight is 264 g/mol.